The van der Waals surface area contributed by atoms with Gasteiger partial charge in [0.05, 0.1) is 28.4 Å². The Morgan fingerprint density at radius 2 is 1.48 bits per heavy atom. The maximum Gasteiger partial charge on any atom is 0.303 e. The molecule has 0 N–H and O–H groups in total. The van der Waals surface area contributed by atoms with E-state index in [4.69, 9.17) is 28.4 Å². The number of methoxy groups -OCH3 is 4. The number of ether oxygens (including phenoxy) is 6. The second-order valence-corrected chi connectivity index (χ2v) is 6.76. The molecule has 0 saturated carbocycles. The minimum absolute atomic E-state index is 0.0825. The summed E-state index contributed by atoms with van der Waals surface area (Å²) in [5, 5.41) is 0. The highest BCUT2D eigenvalue weighted by atomic mass is 16.6. The second-order valence-electron chi connectivity index (χ2n) is 6.76. The van der Waals surface area contributed by atoms with Crippen molar-refractivity contribution < 1.29 is 38.0 Å². The first-order valence-corrected chi connectivity index (χ1v) is 9.53. The van der Waals surface area contributed by atoms with Crippen LogP contribution in [0, 0.1) is 6.92 Å². The molecule has 168 valence electrons. The molecule has 0 fully saturated rings. The van der Waals surface area contributed by atoms with E-state index < -0.39 is 18.0 Å². The van der Waals surface area contributed by atoms with Gasteiger partial charge in [-0.1, -0.05) is 0 Å². The van der Waals surface area contributed by atoms with Crippen molar-refractivity contribution in [1.82, 2.24) is 0 Å². The van der Waals surface area contributed by atoms with Crippen molar-refractivity contribution in [3.63, 3.8) is 0 Å². The number of esters is 2. The molecular weight excluding hydrogens is 404 g/mol. The number of carbonyl (C=O) groups excluding carboxylic acids is 2. The topological polar surface area (TPSA) is 89.5 Å². The summed E-state index contributed by atoms with van der Waals surface area (Å²) in [7, 11) is 6.05. The summed E-state index contributed by atoms with van der Waals surface area (Å²) >= 11 is 0. The first kappa shape index (κ1) is 23.9. The molecule has 0 aliphatic rings. The van der Waals surface area contributed by atoms with Gasteiger partial charge in [0.2, 0.25) is 0 Å². The number of carbonyl (C=O) groups is 2. The minimum atomic E-state index is -0.907. The van der Waals surface area contributed by atoms with E-state index in [0.29, 0.717) is 39.7 Å². The monoisotopic (exact) mass is 432 g/mol. The lowest BCUT2D eigenvalue weighted by atomic mass is 9.93. The standard InChI is InChI=1S/C23H28O8/c1-13-8-18(23(29-7)21(9-13)28-6)22(31-15(3)25)17-10-16(26-4)11-20(27-5)19(17)12-30-14(2)24/h8-11,22H,12H2,1-7H3. The summed E-state index contributed by atoms with van der Waals surface area (Å²) in [6.07, 6.45) is -0.907. The SMILES string of the molecule is COc1cc(OC)c(COC(C)=O)c(C(OC(C)=O)c2cc(C)cc(OC)c2OC)c1. The zero-order valence-electron chi connectivity index (χ0n) is 18.9. The summed E-state index contributed by atoms with van der Waals surface area (Å²) in [6.45, 7) is 4.44. The van der Waals surface area contributed by atoms with Gasteiger partial charge >= 0.3 is 11.9 Å². The van der Waals surface area contributed by atoms with Crippen LogP contribution in [0.4, 0.5) is 0 Å². The first-order chi connectivity index (χ1) is 14.7. The Morgan fingerprint density at radius 3 is 2.00 bits per heavy atom. The zero-order valence-corrected chi connectivity index (χ0v) is 18.9. The maximum absolute atomic E-state index is 12.1. The minimum Gasteiger partial charge on any atom is -0.497 e. The van der Waals surface area contributed by atoms with Gasteiger partial charge in [0, 0.05) is 36.6 Å². The van der Waals surface area contributed by atoms with Gasteiger partial charge in [-0.3, -0.25) is 9.59 Å². The van der Waals surface area contributed by atoms with Gasteiger partial charge in [-0.05, 0) is 30.7 Å². The summed E-state index contributed by atoms with van der Waals surface area (Å²) in [5.74, 6) is 0.849. The van der Waals surface area contributed by atoms with Gasteiger partial charge in [-0.15, -0.1) is 0 Å². The van der Waals surface area contributed by atoms with E-state index in [1.165, 1.54) is 42.3 Å². The molecule has 1 atom stereocenters. The highest BCUT2D eigenvalue weighted by Gasteiger charge is 2.29. The van der Waals surface area contributed by atoms with Crippen LogP contribution in [-0.2, 0) is 25.7 Å². The average molecular weight is 432 g/mol. The molecule has 1 unspecified atom stereocenters. The van der Waals surface area contributed by atoms with E-state index in [0.717, 1.165) is 5.56 Å². The number of benzene rings is 2. The largest absolute Gasteiger partial charge is 0.497 e. The molecule has 0 bridgehead atoms. The van der Waals surface area contributed by atoms with Gasteiger partial charge < -0.3 is 28.4 Å². The number of aryl methyl sites for hydroxylation is 1. The van der Waals surface area contributed by atoms with Crippen LogP contribution < -0.4 is 18.9 Å². The van der Waals surface area contributed by atoms with E-state index >= 15 is 0 Å². The Bertz CT molecular complexity index is 951. The Labute approximate surface area is 182 Å². The third-order valence-electron chi connectivity index (χ3n) is 4.59. The molecule has 2 aromatic rings. The fourth-order valence-electron chi connectivity index (χ4n) is 3.30. The van der Waals surface area contributed by atoms with Crippen LogP contribution in [0.25, 0.3) is 0 Å². The Kier molecular flexibility index (Phi) is 8.13. The summed E-state index contributed by atoms with van der Waals surface area (Å²) in [6, 6.07) is 7.04. The molecule has 0 aromatic heterocycles. The molecule has 8 heteroatoms. The van der Waals surface area contributed by atoms with Crippen molar-refractivity contribution in [3.8, 4) is 23.0 Å². The molecule has 0 saturated heterocycles. The van der Waals surface area contributed by atoms with Crippen molar-refractivity contribution in [2.45, 2.75) is 33.5 Å². The number of hydrogen-bond donors (Lipinski definition) is 0. The van der Waals surface area contributed by atoms with Crippen LogP contribution in [-0.4, -0.2) is 40.4 Å². The van der Waals surface area contributed by atoms with Crippen LogP contribution >= 0.6 is 0 Å². The number of hydrogen-bond acceptors (Lipinski definition) is 8. The normalized spacial score (nSPS) is 11.3. The lowest BCUT2D eigenvalue weighted by molar-refractivity contribution is -0.145. The molecule has 0 spiro atoms. The quantitative estimate of drug-likeness (QED) is 0.554. The van der Waals surface area contributed by atoms with Crippen LogP contribution in [0.1, 0.15) is 42.2 Å². The summed E-state index contributed by atoms with van der Waals surface area (Å²) < 4.78 is 33.0. The van der Waals surface area contributed by atoms with E-state index in [1.807, 2.05) is 19.1 Å². The second kappa shape index (κ2) is 10.6. The van der Waals surface area contributed by atoms with E-state index in [2.05, 4.69) is 0 Å². The zero-order chi connectivity index (χ0) is 23.1. The molecule has 31 heavy (non-hydrogen) atoms. The number of rotatable bonds is 9. The molecule has 0 amide bonds. The lowest BCUT2D eigenvalue weighted by Gasteiger charge is -2.25. The average Bonchev–Trinajstić information content (AvgIpc) is 2.74. The van der Waals surface area contributed by atoms with Crippen molar-refractivity contribution in [3.05, 3.63) is 46.5 Å². The van der Waals surface area contributed by atoms with Crippen LogP contribution in [0.15, 0.2) is 24.3 Å². The molecule has 2 rings (SSSR count). The molecule has 0 aliphatic heterocycles. The lowest BCUT2D eigenvalue weighted by Crippen LogP contribution is -2.16. The molecule has 0 heterocycles. The van der Waals surface area contributed by atoms with E-state index in [1.54, 1.807) is 12.1 Å². The molecule has 8 nitrogen and oxygen atoms in total. The fraction of sp³-hybridized carbons (Fsp3) is 0.391. The van der Waals surface area contributed by atoms with Crippen LogP contribution in [0.3, 0.4) is 0 Å². The van der Waals surface area contributed by atoms with Gasteiger partial charge in [-0.2, -0.15) is 0 Å². The highest BCUT2D eigenvalue weighted by Crippen LogP contribution is 2.43. The molecular formula is C23H28O8. The van der Waals surface area contributed by atoms with Crippen molar-refractivity contribution in [1.29, 1.82) is 0 Å². The van der Waals surface area contributed by atoms with Crippen LogP contribution in [0.5, 0.6) is 23.0 Å². The van der Waals surface area contributed by atoms with E-state index in [-0.39, 0.29) is 6.61 Å². The molecule has 0 radical (unpaired) electrons. The predicted octanol–water partition coefficient (Wildman–Crippen LogP) is 3.75. The van der Waals surface area contributed by atoms with E-state index in [9.17, 15) is 9.59 Å². The van der Waals surface area contributed by atoms with Crippen molar-refractivity contribution >= 4 is 11.9 Å². The van der Waals surface area contributed by atoms with Crippen molar-refractivity contribution in [2.75, 3.05) is 28.4 Å². The van der Waals surface area contributed by atoms with Gasteiger partial charge in [-0.25, -0.2) is 0 Å². The van der Waals surface area contributed by atoms with Gasteiger partial charge in [0.15, 0.2) is 17.6 Å². The third kappa shape index (κ3) is 5.59. The summed E-state index contributed by atoms with van der Waals surface area (Å²) in [5.41, 5.74) is 2.50. The molecule has 0 aliphatic carbocycles. The third-order valence-corrected chi connectivity index (χ3v) is 4.59. The Morgan fingerprint density at radius 1 is 0.806 bits per heavy atom. The Hall–Kier alpha value is -3.42. The highest BCUT2D eigenvalue weighted by molar-refractivity contribution is 5.68. The van der Waals surface area contributed by atoms with Crippen LogP contribution in [0.2, 0.25) is 0 Å². The maximum atomic E-state index is 12.1. The fourth-order valence-corrected chi connectivity index (χ4v) is 3.30. The van der Waals surface area contributed by atoms with Crippen molar-refractivity contribution in [2.24, 2.45) is 0 Å². The smallest absolute Gasteiger partial charge is 0.303 e. The Balaban J connectivity index is 2.84. The van der Waals surface area contributed by atoms with Gasteiger partial charge in [0.25, 0.3) is 0 Å². The molecule has 2 aromatic carbocycles. The first-order valence-electron chi connectivity index (χ1n) is 9.53. The summed E-state index contributed by atoms with van der Waals surface area (Å²) in [4.78, 5) is 23.6. The predicted molar refractivity (Wildman–Crippen MR) is 113 cm³/mol. The van der Waals surface area contributed by atoms with Gasteiger partial charge in [0.1, 0.15) is 18.1 Å².